The molecule has 8 heteroatoms. The third-order valence-electron chi connectivity index (χ3n) is 4.24. The van der Waals surface area contributed by atoms with Gasteiger partial charge < -0.3 is 28.5 Å². The van der Waals surface area contributed by atoms with E-state index in [1.807, 2.05) is 0 Å². The molecule has 1 aliphatic rings. The Morgan fingerprint density at radius 1 is 1.12 bits per heavy atom. The van der Waals surface area contributed by atoms with E-state index in [4.69, 9.17) is 23.4 Å². The summed E-state index contributed by atoms with van der Waals surface area (Å²) in [6.07, 6.45) is -1.08. The fraction of sp³-hybridized carbons (Fsp3) is 0.333. The summed E-state index contributed by atoms with van der Waals surface area (Å²) in [4.78, 5) is 24.7. The molecule has 0 aliphatic carbocycles. The number of aryl methyl sites for hydroxylation is 1. The number of methoxy groups -OCH3 is 3. The van der Waals surface area contributed by atoms with Crippen molar-refractivity contribution in [1.82, 2.24) is 0 Å². The maximum absolute atomic E-state index is 12.4. The zero-order chi connectivity index (χ0) is 19.0. The van der Waals surface area contributed by atoms with E-state index in [9.17, 15) is 14.7 Å². The molecule has 2 heterocycles. The molecular weight excluding hydrogens is 344 g/mol. The van der Waals surface area contributed by atoms with Gasteiger partial charge in [-0.25, -0.2) is 9.59 Å². The van der Waals surface area contributed by atoms with Crippen molar-refractivity contribution in [3.05, 3.63) is 45.5 Å². The molecule has 1 N–H and O–H groups in total. The Labute approximate surface area is 148 Å². The Kier molecular flexibility index (Phi) is 4.50. The lowest BCUT2D eigenvalue weighted by molar-refractivity contribution is -0.148. The van der Waals surface area contributed by atoms with Gasteiger partial charge >= 0.3 is 11.6 Å². The van der Waals surface area contributed by atoms with E-state index in [1.165, 1.54) is 33.5 Å². The highest BCUT2D eigenvalue weighted by Gasteiger charge is 2.44. The van der Waals surface area contributed by atoms with E-state index in [1.54, 1.807) is 13.0 Å². The first-order chi connectivity index (χ1) is 12.4. The molecule has 0 saturated heterocycles. The molecule has 1 aromatic carbocycles. The van der Waals surface area contributed by atoms with E-state index in [0.29, 0.717) is 11.3 Å². The number of hydrogen-bond donors (Lipinski definition) is 1. The topological polar surface area (TPSA) is 104 Å². The maximum Gasteiger partial charge on any atom is 0.348 e. The Bertz CT molecular complexity index is 889. The lowest BCUT2D eigenvalue weighted by Crippen LogP contribution is -2.31. The monoisotopic (exact) mass is 362 g/mol. The number of phenols is 1. The van der Waals surface area contributed by atoms with Gasteiger partial charge in [0.05, 0.1) is 32.8 Å². The minimum absolute atomic E-state index is 0.132. The number of rotatable bonds is 4. The number of hydrogen-bond acceptors (Lipinski definition) is 8. The van der Waals surface area contributed by atoms with Crippen molar-refractivity contribution in [2.24, 2.45) is 0 Å². The van der Waals surface area contributed by atoms with E-state index >= 15 is 0 Å². The summed E-state index contributed by atoms with van der Waals surface area (Å²) in [6.45, 7) is 1.61. The van der Waals surface area contributed by atoms with Gasteiger partial charge in [-0.15, -0.1) is 0 Å². The first-order valence-corrected chi connectivity index (χ1v) is 7.75. The van der Waals surface area contributed by atoms with Gasteiger partial charge in [-0.2, -0.15) is 0 Å². The fourth-order valence-electron chi connectivity index (χ4n) is 3.06. The molecule has 1 aromatic heterocycles. The van der Waals surface area contributed by atoms with E-state index in [-0.39, 0.29) is 28.6 Å². The maximum atomic E-state index is 12.4. The highest BCUT2D eigenvalue weighted by atomic mass is 16.6. The van der Waals surface area contributed by atoms with Gasteiger partial charge in [-0.3, -0.25) is 0 Å². The van der Waals surface area contributed by atoms with Crippen molar-refractivity contribution in [1.29, 1.82) is 0 Å². The van der Waals surface area contributed by atoms with Crippen LogP contribution in [0, 0.1) is 6.92 Å². The van der Waals surface area contributed by atoms with Crippen molar-refractivity contribution >= 4 is 5.97 Å². The average Bonchev–Trinajstić information content (AvgIpc) is 3.00. The Balaban J connectivity index is 2.24. The number of benzene rings is 1. The zero-order valence-electron chi connectivity index (χ0n) is 14.7. The lowest BCUT2D eigenvalue weighted by Gasteiger charge is -2.19. The molecule has 2 aromatic rings. The Morgan fingerprint density at radius 3 is 2.27 bits per heavy atom. The van der Waals surface area contributed by atoms with Crippen molar-refractivity contribution in [2.45, 2.75) is 18.9 Å². The molecule has 0 saturated carbocycles. The van der Waals surface area contributed by atoms with Gasteiger partial charge in [-0.1, -0.05) is 0 Å². The molecule has 0 fully saturated rings. The van der Waals surface area contributed by atoms with Crippen LogP contribution in [0.4, 0.5) is 0 Å². The number of aromatic hydroxyl groups is 1. The summed E-state index contributed by atoms with van der Waals surface area (Å²) in [5.41, 5.74) is 0.0602. The average molecular weight is 362 g/mol. The van der Waals surface area contributed by atoms with Gasteiger partial charge in [-0.05, 0) is 24.6 Å². The highest BCUT2D eigenvalue weighted by Crippen LogP contribution is 2.46. The van der Waals surface area contributed by atoms with Crippen LogP contribution in [-0.4, -0.2) is 38.5 Å². The SMILES string of the molecule is COC(=O)[C@H]1Oc2cc(C)oc(=O)c2[C@@H]1c1cc(OC)c(O)c(OC)c1. The number of esters is 1. The number of carbonyl (C=O) groups is 1. The summed E-state index contributed by atoms with van der Waals surface area (Å²) in [6, 6.07) is 4.56. The van der Waals surface area contributed by atoms with Gasteiger partial charge in [0, 0.05) is 6.07 Å². The molecule has 0 radical (unpaired) electrons. The van der Waals surface area contributed by atoms with Gasteiger partial charge in [0.15, 0.2) is 11.5 Å². The molecule has 0 spiro atoms. The van der Waals surface area contributed by atoms with E-state index in [2.05, 4.69) is 0 Å². The molecule has 3 rings (SSSR count). The summed E-state index contributed by atoms with van der Waals surface area (Å²) < 4.78 is 26.0. The van der Waals surface area contributed by atoms with E-state index < -0.39 is 23.6 Å². The Morgan fingerprint density at radius 2 is 1.73 bits per heavy atom. The molecule has 0 bridgehead atoms. The molecule has 26 heavy (non-hydrogen) atoms. The zero-order valence-corrected chi connectivity index (χ0v) is 14.7. The summed E-state index contributed by atoms with van der Waals surface area (Å²) in [5.74, 6) is -0.764. The first-order valence-electron chi connectivity index (χ1n) is 7.75. The van der Waals surface area contributed by atoms with Crippen LogP contribution in [0.5, 0.6) is 23.0 Å². The van der Waals surface area contributed by atoms with Gasteiger partial charge in [0.1, 0.15) is 11.5 Å². The van der Waals surface area contributed by atoms with Crippen molar-refractivity contribution in [2.75, 3.05) is 21.3 Å². The summed E-state index contributed by atoms with van der Waals surface area (Å²) in [7, 11) is 4.00. The summed E-state index contributed by atoms with van der Waals surface area (Å²) in [5, 5.41) is 10.1. The minimum Gasteiger partial charge on any atom is -0.502 e. The van der Waals surface area contributed by atoms with Gasteiger partial charge in [0.25, 0.3) is 0 Å². The van der Waals surface area contributed by atoms with Crippen molar-refractivity contribution in [3.63, 3.8) is 0 Å². The molecule has 138 valence electrons. The van der Waals surface area contributed by atoms with Crippen LogP contribution in [0.25, 0.3) is 0 Å². The fourth-order valence-corrected chi connectivity index (χ4v) is 3.06. The summed E-state index contributed by atoms with van der Waals surface area (Å²) >= 11 is 0. The van der Waals surface area contributed by atoms with Crippen LogP contribution in [0.2, 0.25) is 0 Å². The van der Waals surface area contributed by atoms with Crippen LogP contribution >= 0.6 is 0 Å². The first kappa shape index (κ1) is 17.7. The number of ether oxygens (including phenoxy) is 4. The second kappa shape index (κ2) is 6.62. The molecule has 8 nitrogen and oxygen atoms in total. The normalized spacial score (nSPS) is 18.0. The lowest BCUT2D eigenvalue weighted by atomic mass is 9.88. The molecule has 0 amide bonds. The second-order valence-electron chi connectivity index (χ2n) is 5.74. The second-order valence-corrected chi connectivity index (χ2v) is 5.74. The smallest absolute Gasteiger partial charge is 0.348 e. The van der Waals surface area contributed by atoms with Crippen LogP contribution < -0.4 is 19.8 Å². The van der Waals surface area contributed by atoms with Crippen LogP contribution in [-0.2, 0) is 9.53 Å². The van der Waals surface area contributed by atoms with Crippen LogP contribution in [0.15, 0.2) is 27.4 Å². The van der Waals surface area contributed by atoms with Crippen LogP contribution in [0.1, 0.15) is 22.8 Å². The minimum atomic E-state index is -1.08. The largest absolute Gasteiger partial charge is 0.502 e. The predicted molar refractivity (Wildman–Crippen MR) is 89.2 cm³/mol. The van der Waals surface area contributed by atoms with E-state index in [0.717, 1.165) is 0 Å². The number of carbonyl (C=O) groups excluding carboxylic acids is 1. The van der Waals surface area contributed by atoms with Crippen molar-refractivity contribution in [3.8, 4) is 23.0 Å². The standard InChI is InChI=1S/C18H18O8/c1-8-5-10-14(17(20)25-8)13(16(26-10)18(21)24-4)9-6-11(22-2)15(19)12(7-9)23-3/h5-7,13,16,19H,1-4H3/t13-,16-/m0/s1. The van der Waals surface area contributed by atoms with Crippen LogP contribution in [0.3, 0.4) is 0 Å². The third-order valence-corrected chi connectivity index (χ3v) is 4.24. The van der Waals surface area contributed by atoms with Crippen molar-refractivity contribution < 1.29 is 33.3 Å². The third kappa shape index (κ3) is 2.73. The predicted octanol–water partition coefficient (Wildman–Crippen LogP) is 1.74. The molecule has 1 aliphatic heterocycles. The molecule has 2 atom stereocenters. The van der Waals surface area contributed by atoms with Gasteiger partial charge in [0.2, 0.25) is 11.9 Å². The number of phenolic OH excluding ortho intramolecular Hbond substituents is 1. The molecule has 0 unspecified atom stereocenters. The quantitative estimate of drug-likeness (QED) is 0.820. The highest BCUT2D eigenvalue weighted by molar-refractivity contribution is 5.79. The number of fused-ring (bicyclic) bond motifs is 1. The Hall–Kier alpha value is -3.16. The molecular formula is C18H18O8.